The average molecular weight is 1360 g/mol. The Morgan fingerprint density at radius 1 is 0.485 bits per heavy atom. The van der Waals surface area contributed by atoms with Crippen LogP contribution in [-0.2, 0) is 52.5 Å². The first-order valence-electron chi connectivity index (χ1n) is 36.5. The Bertz CT molecular complexity index is 3190. The number of alkyl halides is 1. The number of hydrogen-bond acceptors (Lipinski definition) is 12. The molecule has 12 nitrogen and oxygen atoms in total. The lowest BCUT2D eigenvalue weighted by atomic mass is 9.52. The molecule has 0 amide bonds. The number of hydrogen-bond donors (Lipinski definition) is 2. The molecule has 2 spiro atoms. The molecule has 2 N–H and O–H groups in total. The first kappa shape index (κ1) is 75.1. The van der Waals surface area contributed by atoms with E-state index in [9.17, 15) is 40.9 Å². The van der Waals surface area contributed by atoms with E-state index in [-0.39, 0.29) is 68.9 Å². The van der Waals surface area contributed by atoms with E-state index >= 15 is 0 Å². The van der Waals surface area contributed by atoms with Crippen LogP contribution < -0.4 is 14.2 Å². The summed E-state index contributed by atoms with van der Waals surface area (Å²) in [5.41, 5.74) is 5.70. The van der Waals surface area contributed by atoms with Crippen LogP contribution in [-0.4, -0.2) is 122 Å². The van der Waals surface area contributed by atoms with Gasteiger partial charge < -0.3 is 48.1 Å². The molecular formula is C78H110BF6O12. The minimum atomic E-state index is -1.00. The van der Waals surface area contributed by atoms with Gasteiger partial charge in [-0.1, -0.05) is 20.8 Å². The van der Waals surface area contributed by atoms with E-state index in [1.54, 1.807) is 39.5 Å². The number of aliphatic hydroxyl groups excluding tert-OH is 1. The third kappa shape index (κ3) is 14.3. The van der Waals surface area contributed by atoms with Gasteiger partial charge in [-0.25, -0.2) is 13.2 Å². The number of fused-ring (bicyclic) bond motifs is 17. The summed E-state index contributed by atoms with van der Waals surface area (Å²) in [6, 6.07) is 11.0. The SMILES string of the molecule is CF.COCCOc1cc2c(cc1F)C1CC[C@@]3(C)C(CC[C@@]3(O)CCCCO)C1CC2.COCCOc1cc2c(cc1F)C1CC[C@@]3(C)C(CC[C@@]34CCC(C)(C)C(=O)O4)C1CC2.COCCOc1cc2c(cc1F)C1CC[C@@]3(C)C(CC[C@@]34CCCC(=O)O4)C1CC2.F[B]F. The highest BCUT2D eigenvalue weighted by molar-refractivity contribution is 6.15. The summed E-state index contributed by atoms with van der Waals surface area (Å²) in [7, 11) is 4.34. The van der Waals surface area contributed by atoms with Crippen molar-refractivity contribution < 1.29 is 83.9 Å². The van der Waals surface area contributed by atoms with Crippen LogP contribution in [0.15, 0.2) is 36.4 Å². The number of carbonyl (C=O) groups excluding carboxylic acids is 2. The maximum Gasteiger partial charge on any atom is 0.577 e. The van der Waals surface area contributed by atoms with Crippen LogP contribution >= 0.6 is 0 Å². The summed E-state index contributed by atoms with van der Waals surface area (Å²) in [6.45, 7) is 13.7. The average Bonchev–Trinajstić information content (AvgIpc) is 1.62. The van der Waals surface area contributed by atoms with Crippen molar-refractivity contribution in [1.82, 2.24) is 0 Å². The fourth-order valence-electron chi connectivity index (χ4n) is 22.0. The van der Waals surface area contributed by atoms with E-state index in [2.05, 4.69) is 20.8 Å². The minimum absolute atomic E-state index is 0.0117. The van der Waals surface area contributed by atoms with Gasteiger partial charge in [-0.15, -0.1) is 0 Å². The fourth-order valence-corrected chi connectivity index (χ4v) is 22.0. The lowest BCUT2D eigenvalue weighted by Crippen LogP contribution is -2.56. The van der Waals surface area contributed by atoms with Gasteiger partial charge in [0.15, 0.2) is 34.7 Å². The van der Waals surface area contributed by atoms with Crippen LogP contribution in [0.25, 0.3) is 0 Å². The van der Waals surface area contributed by atoms with Gasteiger partial charge in [-0.3, -0.25) is 22.6 Å². The van der Waals surface area contributed by atoms with Crippen molar-refractivity contribution >= 4 is 19.8 Å². The highest BCUT2D eigenvalue weighted by Crippen LogP contribution is 2.70. The highest BCUT2D eigenvalue weighted by Gasteiger charge is 2.67. The molecule has 539 valence electrons. The lowest BCUT2D eigenvalue weighted by Gasteiger charge is -2.56. The molecule has 0 bridgehead atoms. The zero-order valence-corrected chi connectivity index (χ0v) is 59.3. The summed E-state index contributed by atoms with van der Waals surface area (Å²) in [5, 5.41) is 20.7. The Morgan fingerprint density at radius 2 is 0.876 bits per heavy atom. The van der Waals surface area contributed by atoms with E-state index in [4.69, 9.17) is 43.0 Å². The van der Waals surface area contributed by atoms with Gasteiger partial charge in [-0.05, 0) is 303 Å². The molecule has 2 saturated heterocycles. The number of aryl methyl sites for hydroxylation is 3. The largest absolute Gasteiger partial charge is 0.577 e. The molecule has 1 radical (unpaired) electrons. The van der Waals surface area contributed by atoms with Gasteiger partial charge in [0.25, 0.3) is 0 Å². The maximum atomic E-state index is 14.9. The molecule has 0 aromatic heterocycles. The Morgan fingerprint density at radius 3 is 1.27 bits per heavy atom. The molecule has 2 heterocycles. The molecular weight excluding hydrogens is 1250 g/mol. The molecule has 97 heavy (non-hydrogen) atoms. The summed E-state index contributed by atoms with van der Waals surface area (Å²) in [4.78, 5) is 25.0. The van der Waals surface area contributed by atoms with E-state index in [0.29, 0.717) is 124 Å². The molecule has 15 atom stereocenters. The van der Waals surface area contributed by atoms with Crippen LogP contribution in [0.4, 0.5) is 26.2 Å². The number of rotatable bonds is 16. The van der Waals surface area contributed by atoms with Crippen molar-refractivity contribution in [3.05, 3.63) is 87.2 Å². The monoisotopic (exact) mass is 1360 g/mol. The number of benzene rings is 3. The second kappa shape index (κ2) is 31.4. The standard InChI is InChI=1S/C27H37FO4.C25H33FO4.C25H37FO4.CH3F.BF2/c1-25(2)11-12-27(32-24(25)29)10-8-21-19-6-5-17-15-23(31-14-13-30-4)22(28)16-20(17)18(19)7-9-26(21,27)3;1-24-10-7-17-18(20(24)8-11-25(24)9-3-4-23(27)30-25)6-5-16-14-22(29-13-12-28-2)21(26)15-19(16)17;1-24-10-7-18-19(21(24)8-11-25(24,28)9-3-4-12-27)6-5-17-15-23(30-14-13-29-2)22(26)16-20(17)18;1-2;2-1-3/h15-16,18-19,21H,5-14H2,1-4H3;14-15,17-18,20H,3-13H2,1-2H3;15-16,18-19,21,27-28H,3-14H2,1-2H3;1H3;/t18?,19?,21?,26-,27+;17?,18?,20?,24-,25-;18?,19?,21?,24-,25-;;/m000../s1. The smallest absolute Gasteiger partial charge is 0.488 e. The fraction of sp³-hybridized carbons (Fsp3) is 0.744. The minimum Gasteiger partial charge on any atom is -0.488 e. The van der Waals surface area contributed by atoms with E-state index in [1.807, 2.05) is 32.0 Å². The van der Waals surface area contributed by atoms with Gasteiger partial charge in [0, 0.05) is 45.2 Å². The Balaban J connectivity index is 0.000000153. The zero-order valence-electron chi connectivity index (χ0n) is 59.3. The number of aliphatic hydroxyl groups is 2. The number of unbranched alkanes of at least 4 members (excludes halogenated alkanes) is 1. The van der Waals surface area contributed by atoms with E-state index in [1.165, 1.54) is 33.4 Å². The molecule has 3 aromatic carbocycles. The quantitative estimate of drug-likeness (QED) is 0.0609. The van der Waals surface area contributed by atoms with Gasteiger partial charge in [0.2, 0.25) is 0 Å². The predicted molar refractivity (Wildman–Crippen MR) is 361 cm³/mol. The van der Waals surface area contributed by atoms with Gasteiger partial charge in [0.1, 0.15) is 31.0 Å². The number of esters is 2. The first-order valence-corrected chi connectivity index (χ1v) is 36.5. The van der Waals surface area contributed by atoms with Crippen LogP contribution in [0.3, 0.4) is 0 Å². The Kier molecular flexibility index (Phi) is 24.3. The third-order valence-electron chi connectivity index (χ3n) is 27.1. The second-order valence-corrected chi connectivity index (χ2v) is 31.6. The van der Waals surface area contributed by atoms with Crippen molar-refractivity contribution in [3.63, 3.8) is 0 Å². The highest BCUT2D eigenvalue weighted by atomic mass is 19.2. The first-order chi connectivity index (χ1) is 46.5. The summed E-state index contributed by atoms with van der Waals surface area (Å²) in [6.07, 6.45) is 25.4. The summed E-state index contributed by atoms with van der Waals surface area (Å²) >= 11 is 0. The second-order valence-electron chi connectivity index (χ2n) is 31.6. The zero-order chi connectivity index (χ0) is 69.7. The number of halogens is 6. The summed E-state index contributed by atoms with van der Waals surface area (Å²) in [5.74, 6) is 4.56. The van der Waals surface area contributed by atoms with Gasteiger partial charge in [0.05, 0.1) is 38.0 Å². The van der Waals surface area contributed by atoms with Crippen molar-refractivity contribution in [2.24, 2.45) is 57.2 Å². The molecule has 9 aliphatic carbocycles. The normalized spacial score (nSPS) is 34.9. The number of carbonyl (C=O) groups is 2. The summed E-state index contributed by atoms with van der Waals surface area (Å²) < 4.78 is 117. The van der Waals surface area contributed by atoms with Crippen molar-refractivity contribution in [3.8, 4) is 17.2 Å². The Hall–Kier alpha value is -4.56. The lowest BCUT2D eigenvalue weighted by molar-refractivity contribution is -0.206. The molecule has 19 heteroatoms. The maximum absolute atomic E-state index is 14.9. The molecule has 8 fully saturated rings. The van der Waals surface area contributed by atoms with Gasteiger partial charge in [-0.2, -0.15) is 0 Å². The van der Waals surface area contributed by atoms with Crippen LogP contribution in [0.2, 0.25) is 0 Å². The molecule has 2 aliphatic heterocycles. The van der Waals surface area contributed by atoms with Crippen molar-refractivity contribution in [2.45, 2.75) is 236 Å². The topological polar surface area (TPSA) is 148 Å². The van der Waals surface area contributed by atoms with Crippen molar-refractivity contribution in [1.29, 1.82) is 0 Å². The number of ether oxygens (including phenoxy) is 8. The van der Waals surface area contributed by atoms with Crippen LogP contribution in [0, 0.1) is 74.6 Å². The Labute approximate surface area is 573 Å². The van der Waals surface area contributed by atoms with E-state index < -0.39 is 13.4 Å². The predicted octanol–water partition coefficient (Wildman–Crippen LogP) is 16.6. The molecule has 9 unspecified atom stereocenters. The van der Waals surface area contributed by atoms with Gasteiger partial charge >= 0.3 is 19.8 Å². The number of methoxy groups -OCH3 is 3. The van der Waals surface area contributed by atoms with Crippen LogP contribution in [0.1, 0.15) is 233 Å². The third-order valence-corrected chi connectivity index (χ3v) is 27.1. The molecule has 3 aromatic rings. The molecule has 6 saturated carbocycles. The van der Waals surface area contributed by atoms with Crippen molar-refractivity contribution in [2.75, 3.05) is 74.8 Å². The van der Waals surface area contributed by atoms with E-state index in [0.717, 1.165) is 161 Å². The molecule has 11 aliphatic rings. The van der Waals surface area contributed by atoms with Crippen LogP contribution in [0.5, 0.6) is 17.2 Å². The molecule has 14 rings (SSSR count).